The van der Waals surface area contributed by atoms with Crippen molar-refractivity contribution in [2.24, 2.45) is 4.40 Å². The maximum absolute atomic E-state index is 13.0. The molecular formula is C21H19NO8S. The Morgan fingerprint density at radius 2 is 1.68 bits per heavy atom. The largest absolute Gasteiger partial charge is 0.466 e. The second-order valence-electron chi connectivity index (χ2n) is 6.37. The van der Waals surface area contributed by atoms with Crippen LogP contribution in [0.15, 0.2) is 63.4 Å². The summed E-state index contributed by atoms with van der Waals surface area (Å²) in [5.74, 6) is -1.08. The van der Waals surface area contributed by atoms with E-state index in [1.54, 1.807) is 18.2 Å². The Bertz CT molecular complexity index is 1180. The van der Waals surface area contributed by atoms with Gasteiger partial charge in [-0.1, -0.05) is 17.7 Å². The van der Waals surface area contributed by atoms with Gasteiger partial charge in [0.25, 0.3) is 10.0 Å². The maximum Gasteiger partial charge on any atom is 0.340 e. The van der Waals surface area contributed by atoms with E-state index in [0.29, 0.717) is 11.5 Å². The van der Waals surface area contributed by atoms with Crippen molar-refractivity contribution in [3.8, 4) is 11.5 Å². The Morgan fingerprint density at radius 3 is 2.32 bits per heavy atom. The monoisotopic (exact) mass is 445 g/mol. The van der Waals surface area contributed by atoms with Crippen LogP contribution in [0.1, 0.15) is 11.1 Å². The van der Waals surface area contributed by atoms with Gasteiger partial charge in [0.15, 0.2) is 11.5 Å². The molecule has 0 aromatic heterocycles. The van der Waals surface area contributed by atoms with Crippen molar-refractivity contribution in [3.63, 3.8) is 0 Å². The van der Waals surface area contributed by atoms with Crippen molar-refractivity contribution in [1.29, 1.82) is 0 Å². The van der Waals surface area contributed by atoms with Gasteiger partial charge in [0.1, 0.15) is 0 Å². The van der Waals surface area contributed by atoms with Crippen molar-refractivity contribution < 1.29 is 37.0 Å². The summed E-state index contributed by atoms with van der Waals surface area (Å²) in [5.41, 5.74) is 0.347. The predicted molar refractivity (Wildman–Crippen MR) is 110 cm³/mol. The molecule has 0 fully saturated rings. The Labute approximate surface area is 179 Å². The number of nitrogens with zero attached hydrogens (tertiary/aromatic N) is 1. The van der Waals surface area contributed by atoms with E-state index in [1.807, 2.05) is 6.92 Å². The number of ether oxygens (including phenoxy) is 4. The van der Waals surface area contributed by atoms with Crippen molar-refractivity contribution in [1.82, 2.24) is 0 Å². The first-order valence-electron chi connectivity index (χ1n) is 8.95. The molecule has 0 spiro atoms. The van der Waals surface area contributed by atoms with Gasteiger partial charge in [-0.25, -0.2) is 9.59 Å². The molecule has 2 aromatic rings. The molecule has 0 radical (unpaired) electrons. The summed E-state index contributed by atoms with van der Waals surface area (Å²) in [7, 11) is -2.04. The molecule has 2 aromatic carbocycles. The summed E-state index contributed by atoms with van der Waals surface area (Å²) in [6.07, 6.45) is 0.819. The molecule has 0 amide bonds. The Hall–Kier alpha value is -3.66. The molecule has 1 aliphatic rings. The van der Waals surface area contributed by atoms with Crippen LogP contribution in [-0.2, 0) is 29.1 Å². The van der Waals surface area contributed by atoms with E-state index in [2.05, 4.69) is 9.13 Å². The molecule has 10 heteroatoms. The van der Waals surface area contributed by atoms with E-state index in [-0.39, 0.29) is 23.0 Å². The quantitative estimate of drug-likeness (QED) is 0.377. The average molecular weight is 445 g/mol. The van der Waals surface area contributed by atoms with Crippen LogP contribution in [0.25, 0.3) is 0 Å². The topological polar surface area (TPSA) is 118 Å². The first-order valence-corrected chi connectivity index (χ1v) is 10.4. The molecule has 0 N–H and O–H groups in total. The Kier molecular flexibility index (Phi) is 6.40. The van der Waals surface area contributed by atoms with Gasteiger partial charge >= 0.3 is 11.9 Å². The summed E-state index contributed by atoms with van der Waals surface area (Å²) in [4.78, 5) is 24.2. The summed E-state index contributed by atoms with van der Waals surface area (Å²) in [6.45, 7) is 1.81. The molecule has 3 rings (SSSR count). The van der Waals surface area contributed by atoms with Crippen LogP contribution in [0.4, 0.5) is 0 Å². The lowest BCUT2D eigenvalue weighted by molar-refractivity contribution is -0.138. The number of methoxy groups -OCH3 is 2. The molecule has 0 unspecified atom stereocenters. The third-order valence-corrected chi connectivity index (χ3v) is 5.59. The van der Waals surface area contributed by atoms with Gasteiger partial charge in [-0.15, -0.1) is 0 Å². The zero-order chi connectivity index (χ0) is 22.6. The number of carbonyl (C=O) groups excluding carboxylic acids is 2. The summed E-state index contributed by atoms with van der Waals surface area (Å²) >= 11 is 0. The minimum atomic E-state index is -4.25. The minimum Gasteiger partial charge on any atom is -0.466 e. The summed E-state index contributed by atoms with van der Waals surface area (Å²) < 4.78 is 49.8. The number of aryl methyl sites for hydroxylation is 1. The van der Waals surface area contributed by atoms with Crippen molar-refractivity contribution in [2.75, 3.05) is 21.0 Å². The second kappa shape index (κ2) is 9.00. The van der Waals surface area contributed by atoms with Crippen LogP contribution in [0.3, 0.4) is 0 Å². The normalized spacial score (nSPS) is 13.6. The molecule has 0 saturated heterocycles. The average Bonchev–Trinajstić information content (AvgIpc) is 3.23. The second-order valence-corrected chi connectivity index (χ2v) is 7.97. The molecule has 1 heterocycles. The molecule has 9 nitrogen and oxygen atoms in total. The van der Waals surface area contributed by atoms with E-state index >= 15 is 0 Å². The van der Waals surface area contributed by atoms with Gasteiger partial charge in [0, 0.05) is 11.6 Å². The fourth-order valence-electron chi connectivity index (χ4n) is 2.70. The van der Waals surface area contributed by atoms with Gasteiger partial charge in [0.2, 0.25) is 6.79 Å². The molecule has 162 valence electrons. The molecule has 0 saturated carbocycles. The lowest BCUT2D eigenvalue weighted by Crippen LogP contribution is -2.19. The van der Waals surface area contributed by atoms with Crippen LogP contribution in [0.2, 0.25) is 0 Å². The van der Waals surface area contributed by atoms with Crippen LogP contribution in [0, 0.1) is 6.92 Å². The van der Waals surface area contributed by atoms with Crippen LogP contribution in [0.5, 0.6) is 11.5 Å². The zero-order valence-electron chi connectivity index (χ0n) is 16.9. The molecular weight excluding hydrogens is 426 g/mol. The lowest BCUT2D eigenvalue weighted by atomic mass is 10.0. The van der Waals surface area contributed by atoms with Gasteiger partial charge in [-0.3, -0.25) is 0 Å². The first-order chi connectivity index (χ1) is 14.7. The van der Waals surface area contributed by atoms with E-state index in [4.69, 9.17) is 14.2 Å². The van der Waals surface area contributed by atoms with Crippen molar-refractivity contribution in [2.45, 2.75) is 11.8 Å². The highest BCUT2D eigenvalue weighted by Gasteiger charge is 2.26. The number of sulfonamides is 1. The first kappa shape index (κ1) is 22.0. The van der Waals surface area contributed by atoms with Crippen molar-refractivity contribution in [3.05, 3.63) is 65.2 Å². The third kappa shape index (κ3) is 4.92. The molecule has 1 aliphatic heterocycles. The number of hydrogen-bond donors (Lipinski definition) is 0. The van der Waals surface area contributed by atoms with Gasteiger partial charge in [-0.05, 0) is 37.3 Å². The maximum atomic E-state index is 13.0. The lowest BCUT2D eigenvalue weighted by Gasteiger charge is -2.11. The minimum absolute atomic E-state index is 0.00517. The highest BCUT2D eigenvalue weighted by molar-refractivity contribution is 7.90. The molecule has 0 bridgehead atoms. The highest BCUT2D eigenvalue weighted by atomic mass is 32.2. The fourth-order valence-corrected chi connectivity index (χ4v) is 3.72. The number of carbonyl (C=O) groups is 2. The molecule has 0 aliphatic carbocycles. The van der Waals surface area contributed by atoms with Crippen LogP contribution < -0.4 is 9.47 Å². The summed E-state index contributed by atoms with van der Waals surface area (Å²) in [6, 6.07) is 10.5. The van der Waals surface area contributed by atoms with Crippen LogP contribution in [-0.4, -0.2) is 47.1 Å². The molecule has 0 atom stereocenters. The number of rotatable bonds is 6. The van der Waals surface area contributed by atoms with E-state index in [1.165, 1.54) is 24.3 Å². The Balaban J connectivity index is 2.23. The number of fused-ring (bicyclic) bond motifs is 1. The number of hydrogen-bond acceptors (Lipinski definition) is 8. The summed E-state index contributed by atoms with van der Waals surface area (Å²) in [5, 5.41) is 0. The fraction of sp³-hybridized carbons (Fsp3) is 0.190. The zero-order valence-corrected chi connectivity index (χ0v) is 17.8. The van der Waals surface area contributed by atoms with E-state index in [9.17, 15) is 18.0 Å². The van der Waals surface area contributed by atoms with E-state index in [0.717, 1.165) is 25.9 Å². The Morgan fingerprint density at radius 1 is 1.00 bits per heavy atom. The van der Waals surface area contributed by atoms with Gasteiger partial charge < -0.3 is 18.9 Å². The smallest absolute Gasteiger partial charge is 0.340 e. The van der Waals surface area contributed by atoms with Gasteiger partial charge in [-0.2, -0.15) is 12.8 Å². The van der Waals surface area contributed by atoms with E-state index < -0.39 is 27.5 Å². The number of benzene rings is 2. The predicted octanol–water partition coefficient (Wildman–Crippen LogP) is 2.17. The van der Waals surface area contributed by atoms with Crippen molar-refractivity contribution >= 4 is 27.7 Å². The number of esters is 2. The van der Waals surface area contributed by atoms with Crippen LogP contribution >= 0.6 is 0 Å². The molecule has 31 heavy (non-hydrogen) atoms. The highest BCUT2D eigenvalue weighted by Crippen LogP contribution is 2.33. The van der Waals surface area contributed by atoms with Gasteiger partial charge in [0.05, 0.1) is 30.4 Å². The standard InChI is InChI=1S/C21H19NO8S/c1-13-4-7-15(8-5-13)31(25,26)22-20(16(21(24)28-3)11-19(23)27-2)14-6-9-17-18(10-14)30-12-29-17/h4-11H,12H2,1-3H3/b16-11+,22-20+. The SMILES string of the molecule is COC(=O)/C=C(C(=O)OC)\C(=N\S(=O)(=O)c1ccc(C)cc1)c1ccc2c(c1)OCO2. The third-order valence-electron chi connectivity index (χ3n) is 4.30.